The van der Waals surface area contributed by atoms with Gasteiger partial charge in [-0.05, 0) is 35.9 Å². The van der Waals surface area contributed by atoms with E-state index in [9.17, 15) is 23.1 Å². The lowest BCUT2D eigenvalue weighted by atomic mass is 10.1. The van der Waals surface area contributed by atoms with Crippen LogP contribution in [0.1, 0.15) is 5.56 Å². The first-order valence-electron chi connectivity index (χ1n) is 7.21. The molecule has 2 rings (SSSR count). The summed E-state index contributed by atoms with van der Waals surface area (Å²) in [6, 6.07) is 8.24. The number of carbonyl (C=O) groups is 1. The van der Waals surface area contributed by atoms with Gasteiger partial charge < -0.3 is 15.2 Å². The lowest BCUT2D eigenvalue weighted by molar-refractivity contribution is -0.121. The zero-order chi connectivity index (χ0) is 17.5. The number of nitrogens with one attached hydrogen (secondary N) is 1. The molecule has 0 aliphatic heterocycles. The molecule has 24 heavy (non-hydrogen) atoms. The molecule has 0 saturated heterocycles. The van der Waals surface area contributed by atoms with E-state index in [2.05, 4.69) is 5.32 Å². The summed E-state index contributed by atoms with van der Waals surface area (Å²) in [6.07, 6.45) is -1.26. The third-order valence-corrected chi connectivity index (χ3v) is 3.16. The van der Waals surface area contributed by atoms with Gasteiger partial charge in [0.15, 0.2) is 0 Å². The third kappa shape index (κ3) is 5.58. The summed E-state index contributed by atoms with van der Waals surface area (Å²) in [5, 5.41) is 12.2. The molecule has 0 aliphatic rings. The normalized spacial score (nSPS) is 11.8. The fourth-order valence-corrected chi connectivity index (χ4v) is 1.91. The molecule has 1 amide bonds. The van der Waals surface area contributed by atoms with Crippen LogP contribution in [0.5, 0.6) is 5.75 Å². The Morgan fingerprint density at radius 2 is 1.75 bits per heavy atom. The first-order valence-corrected chi connectivity index (χ1v) is 7.21. The van der Waals surface area contributed by atoms with Gasteiger partial charge in [-0.25, -0.2) is 13.2 Å². The Balaban J connectivity index is 1.73. The van der Waals surface area contributed by atoms with Crippen LogP contribution in [0.15, 0.2) is 42.5 Å². The van der Waals surface area contributed by atoms with Gasteiger partial charge in [0.05, 0.1) is 6.42 Å². The summed E-state index contributed by atoms with van der Waals surface area (Å²) in [5.41, 5.74) is 0.0611. The van der Waals surface area contributed by atoms with Gasteiger partial charge in [0, 0.05) is 12.6 Å². The van der Waals surface area contributed by atoms with E-state index in [1.807, 2.05) is 0 Å². The van der Waals surface area contributed by atoms with Crippen molar-refractivity contribution >= 4 is 5.91 Å². The second-order valence-corrected chi connectivity index (χ2v) is 5.14. The van der Waals surface area contributed by atoms with Crippen LogP contribution in [0.4, 0.5) is 13.2 Å². The number of carbonyl (C=O) groups excluding carboxylic acids is 1. The average Bonchev–Trinajstić information content (AvgIpc) is 2.55. The van der Waals surface area contributed by atoms with Gasteiger partial charge in [-0.15, -0.1) is 0 Å². The molecule has 7 heteroatoms. The van der Waals surface area contributed by atoms with Gasteiger partial charge in [-0.2, -0.15) is 0 Å². The highest BCUT2D eigenvalue weighted by Crippen LogP contribution is 2.11. The molecule has 1 atom stereocenters. The minimum atomic E-state index is -0.989. The Morgan fingerprint density at radius 1 is 1.08 bits per heavy atom. The molecule has 0 aliphatic carbocycles. The maximum absolute atomic E-state index is 13.4. The van der Waals surface area contributed by atoms with E-state index in [0.717, 1.165) is 6.07 Å². The lowest BCUT2D eigenvalue weighted by Crippen LogP contribution is -2.36. The third-order valence-electron chi connectivity index (χ3n) is 3.16. The fraction of sp³-hybridized carbons (Fsp3) is 0.235. The van der Waals surface area contributed by atoms with Gasteiger partial charge in [0.2, 0.25) is 5.91 Å². The van der Waals surface area contributed by atoms with Crippen LogP contribution in [0, 0.1) is 17.5 Å². The fourth-order valence-electron chi connectivity index (χ4n) is 1.91. The van der Waals surface area contributed by atoms with Gasteiger partial charge in [0.25, 0.3) is 0 Å². The number of aliphatic hydroxyl groups excluding tert-OH is 1. The smallest absolute Gasteiger partial charge is 0.224 e. The predicted octanol–water partition coefficient (Wildman–Crippen LogP) is 2.20. The predicted molar refractivity (Wildman–Crippen MR) is 81.0 cm³/mol. The SMILES string of the molecule is O=C(Cc1ccc(F)cc1F)NCC(O)COc1ccc(F)cc1. The van der Waals surface area contributed by atoms with E-state index in [-0.39, 0.29) is 25.1 Å². The molecule has 0 bridgehead atoms. The molecule has 0 saturated carbocycles. The Hall–Kier alpha value is -2.54. The number of aliphatic hydroxyl groups is 1. The van der Waals surface area contributed by atoms with Crippen LogP contribution in [-0.4, -0.2) is 30.3 Å². The van der Waals surface area contributed by atoms with Crippen LogP contribution in [0.25, 0.3) is 0 Å². The first kappa shape index (κ1) is 17.8. The first-order chi connectivity index (χ1) is 11.4. The van der Waals surface area contributed by atoms with Crippen molar-refractivity contribution in [3.05, 3.63) is 65.5 Å². The largest absolute Gasteiger partial charge is 0.491 e. The number of rotatable bonds is 7. The minimum Gasteiger partial charge on any atom is -0.491 e. The quantitative estimate of drug-likeness (QED) is 0.813. The summed E-state index contributed by atoms with van der Waals surface area (Å²) < 4.78 is 44.2. The lowest BCUT2D eigenvalue weighted by Gasteiger charge is -2.13. The summed E-state index contributed by atoms with van der Waals surface area (Å²) in [6.45, 7) is -0.195. The second-order valence-electron chi connectivity index (χ2n) is 5.14. The topological polar surface area (TPSA) is 58.6 Å². The van der Waals surface area contributed by atoms with Crippen LogP contribution < -0.4 is 10.1 Å². The molecule has 0 heterocycles. The van der Waals surface area contributed by atoms with Gasteiger partial charge in [-0.1, -0.05) is 6.07 Å². The van der Waals surface area contributed by atoms with Crippen molar-refractivity contribution in [3.8, 4) is 5.75 Å². The number of hydrogen-bond donors (Lipinski definition) is 2. The summed E-state index contributed by atoms with van der Waals surface area (Å²) >= 11 is 0. The summed E-state index contributed by atoms with van der Waals surface area (Å²) in [7, 11) is 0. The molecule has 0 radical (unpaired) electrons. The maximum atomic E-state index is 13.4. The molecule has 2 aromatic rings. The zero-order valence-corrected chi connectivity index (χ0v) is 12.6. The molecule has 2 aromatic carbocycles. The number of ether oxygens (including phenoxy) is 1. The zero-order valence-electron chi connectivity index (χ0n) is 12.6. The van der Waals surface area contributed by atoms with Crippen molar-refractivity contribution in [1.29, 1.82) is 0 Å². The molecule has 0 aromatic heterocycles. The molecule has 128 valence electrons. The summed E-state index contributed by atoms with van der Waals surface area (Å²) in [5.74, 6) is -2.05. The van der Waals surface area contributed by atoms with Crippen LogP contribution in [0.2, 0.25) is 0 Å². The van der Waals surface area contributed by atoms with E-state index >= 15 is 0 Å². The minimum absolute atomic E-state index is 0.0611. The number of benzene rings is 2. The monoisotopic (exact) mass is 339 g/mol. The van der Waals surface area contributed by atoms with Crippen LogP contribution in [0.3, 0.4) is 0 Å². The molecule has 1 unspecified atom stereocenters. The molecular weight excluding hydrogens is 323 g/mol. The van der Waals surface area contributed by atoms with E-state index in [1.165, 1.54) is 30.3 Å². The van der Waals surface area contributed by atoms with E-state index < -0.39 is 29.5 Å². The molecule has 2 N–H and O–H groups in total. The highest BCUT2D eigenvalue weighted by Gasteiger charge is 2.11. The van der Waals surface area contributed by atoms with Gasteiger partial charge in [-0.3, -0.25) is 4.79 Å². The van der Waals surface area contributed by atoms with E-state index in [4.69, 9.17) is 4.74 Å². The average molecular weight is 339 g/mol. The van der Waals surface area contributed by atoms with E-state index in [0.29, 0.717) is 11.8 Å². The molecule has 0 spiro atoms. The van der Waals surface area contributed by atoms with Crippen molar-refractivity contribution < 1.29 is 27.8 Å². The van der Waals surface area contributed by atoms with Gasteiger partial charge >= 0.3 is 0 Å². The van der Waals surface area contributed by atoms with Crippen molar-refractivity contribution in [2.75, 3.05) is 13.2 Å². The van der Waals surface area contributed by atoms with E-state index in [1.54, 1.807) is 0 Å². The van der Waals surface area contributed by atoms with Crippen molar-refractivity contribution in [3.63, 3.8) is 0 Å². The second kappa shape index (κ2) is 8.35. The maximum Gasteiger partial charge on any atom is 0.224 e. The Bertz CT molecular complexity index is 692. The van der Waals surface area contributed by atoms with Crippen LogP contribution >= 0.6 is 0 Å². The Labute approximate surface area is 136 Å². The number of halogens is 3. The highest BCUT2D eigenvalue weighted by atomic mass is 19.1. The standard InChI is InChI=1S/C17H16F3NO3/c18-12-3-5-15(6-4-12)24-10-14(22)9-21-17(23)7-11-1-2-13(19)8-16(11)20/h1-6,8,14,22H,7,9-10H2,(H,21,23). The molecular formula is C17H16F3NO3. The Morgan fingerprint density at radius 3 is 2.42 bits per heavy atom. The van der Waals surface area contributed by atoms with Gasteiger partial charge in [0.1, 0.15) is 35.9 Å². The van der Waals surface area contributed by atoms with Crippen molar-refractivity contribution in [1.82, 2.24) is 5.32 Å². The van der Waals surface area contributed by atoms with Crippen molar-refractivity contribution in [2.45, 2.75) is 12.5 Å². The molecule has 4 nitrogen and oxygen atoms in total. The molecule has 0 fully saturated rings. The van der Waals surface area contributed by atoms with Crippen molar-refractivity contribution in [2.24, 2.45) is 0 Å². The Kier molecular flexibility index (Phi) is 6.20. The highest BCUT2D eigenvalue weighted by molar-refractivity contribution is 5.78. The number of hydrogen-bond acceptors (Lipinski definition) is 3. The van der Waals surface area contributed by atoms with Crippen LogP contribution in [-0.2, 0) is 11.2 Å². The number of amides is 1. The summed E-state index contributed by atoms with van der Waals surface area (Å²) in [4.78, 5) is 11.7.